The Morgan fingerprint density at radius 2 is 1.46 bits per heavy atom. The molecule has 1 rings (SSSR count). The number of nitrogens with two attached hydrogens (primary N) is 2. The molecule has 12 nitrogen and oxygen atoms in total. The van der Waals surface area contributed by atoms with E-state index in [4.69, 9.17) is 11.5 Å². The van der Waals surface area contributed by atoms with Crippen LogP contribution < -0.4 is 27.4 Å². The number of carbonyl (C=O) groups is 5. The monoisotopic (exact) mass is 493 g/mol. The maximum absolute atomic E-state index is 13.1. The van der Waals surface area contributed by atoms with Gasteiger partial charge in [0.2, 0.25) is 23.6 Å². The molecule has 0 bridgehead atoms. The SMILES string of the molecule is CC(C)CC(N)C(=O)NC(Cc1ccccc1)C(=O)NC(C(=O)NC(CC(N)=O)C(=O)O)C(C)O. The summed E-state index contributed by atoms with van der Waals surface area (Å²) in [7, 11) is 0. The number of aliphatic carboxylic acids is 1. The molecule has 4 amide bonds. The van der Waals surface area contributed by atoms with Crippen molar-refractivity contribution in [1.29, 1.82) is 0 Å². The largest absolute Gasteiger partial charge is 0.480 e. The Bertz CT molecular complexity index is 892. The van der Waals surface area contributed by atoms with E-state index in [-0.39, 0.29) is 12.3 Å². The average Bonchev–Trinajstić information content (AvgIpc) is 2.75. The molecular weight excluding hydrogens is 458 g/mol. The normalized spacial score (nSPS) is 15.3. The first kappa shape index (κ1) is 29.5. The van der Waals surface area contributed by atoms with Crippen LogP contribution in [0.3, 0.4) is 0 Å². The van der Waals surface area contributed by atoms with Gasteiger partial charge in [-0.2, -0.15) is 0 Å². The van der Waals surface area contributed by atoms with Gasteiger partial charge in [0, 0.05) is 6.42 Å². The van der Waals surface area contributed by atoms with Crippen LogP contribution in [0.4, 0.5) is 0 Å². The smallest absolute Gasteiger partial charge is 0.326 e. The van der Waals surface area contributed by atoms with Crippen molar-refractivity contribution < 1.29 is 34.2 Å². The lowest BCUT2D eigenvalue weighted by molar-refractivity contribution is -0.144. The van der Waals surface area contributed by atoms with Gasteiger partial charge in [-0.15, -0.1) is 0 Å². The fourth-order valence-electron chi connectivity index (χ4n) is 3.27. The van der Waals surface area contributed by atoms with Gasteiger partial charge < -0.3 is 37.6 Å². The van der Waals surface area contributed by atoms with Crippen LogP contribution in [0.1, 0.15) is 39.2 Å². The third-order valence-corrected chi connectivity index (χ3v) is 5.06. The van der Waals surface area contributed by atoms with E-state index in [1.165, 1.54) is 6.92 Å². The highest BCUT2D eigenvalue weighted by atomic mass is 16.4. The fraction of sp³-hybridized carbons (Fsp3) is 0.522. The van der Waals surface area contributed by atoms with Crippen molar-refractivity contribution in [3.8, 4) is 0 Å². The molecule has 194 valence electrons. The van der Waals surface area contributed by atoms with Gasteiger partial charge in [-0.05, 0) is 24.8 Å². The van der Waals surface area contributed by atoms with E-state index >= 15 is 0 Å². The summed E-state index contributed by atoms with van der Waals surface area (Å²) in [6.07, 6.45) is -1.65. The summed E-state index contributed by atoms with van der Waals surface area (Å²) in [4.78, 5) is 60.8. The molecule has 0 spiro atoms. The highest BCUT2D eigenvalue weighted by molar-refractivity contribution is 5.95. The molecule has 9 N–H and O–H groups in total. The molecule has 5 atom stereocenters. The molecule has 0 aromatic heterocycles. The molecule has 0 fully saturated rings. The highest BCUT2D eigenvalue weighted by Gasteiger charge is 2.33. The Labute approximate surface area is 203 Å². The molecule has 0 saturated heterocycles. The number of hydrogen-bond donors (Lipinski definition) is 7. The predicted molar refractivity (Wildman–Crippen MR) is 126 cm³/mol. The molecule has 0 aliphatic carbocycles. The minimum absolute atomic E-state index is 0.0698. The molecule has 0 radical (unpaired) electrons. The van der Waals surface area contributed by atoms with E-state index in [9.17, 15) is 34.2 Å². The van der Waals surface area contributed by atoms with Crippen LogP contribution in [-0.4, -0.2) is 70.1 Å². The summed E-state index contributed by atoms with van der Waals surface area (Å²) in [6.45, 7) is 5.02. The van der Waals surface area contributed by atoms with E-state index in [1.807, 2.05) is 13.8 Å². The lowest BCUT2D eigenvalue weighted by atomic mass is 10.0. The summed E-state index contributed by atoms with van der Waals surface area (Å²) in [5.41, 5.74) is 11.7. The number of primary amides is 1. The molecule has 0 heterocycles. The van der Waals surface area contributed by atoms with Gasteiger partial charge >= 0.3 is 5.97 Å². The molecular formula is C23H35N5O7. The van der Waals surface area contributed by atoms with Gasteiger partial charge in [0.25, 0.3) is 0 Å². The molecule has 0 aliphatic heterocycles. The first-order chi connectivity index (χ1) is 16.3. The van der Waals surface area contributed by atoms with Crippen molar-refractivity contribution in [3.63, 3.8) is 0 Å². The summed E-state index contributed by atoms with van der Waals surface area (Å²) < 4.78 is 0. The maximum atomic E-state index is 13.1. The zero-order valence-electron chi connectivity index (χ0n) is 20.1. The second-order valence-electron chi connectivity index (χ2n) is 8.78. The Balaban J connectivity index is 3.07. The first-order valence-electron chi connectivity index (χ1n) is 11.2. The summed E-state index contributed by atoms with van der Waals surface area (Å²) >= 11 is 0. The van der Waals surface area contributed by atoms with Crippen LogP contribution in [0.15, 0.2) is 30.3 Å². The van der Waals surface area contributed by atoms with Crippen molar-refractivity contribution in [2.24, 2.45) is 17.4 Å². The molecule has 12 heteroatoms. The number of carboxylic acid groups (broad SMARTS) is 1. The lowest BCUT2D eigenvalue weighted by Crippen LogP contribution is -2.60. The number of carbonyl (C=O) groups excluding carboxylic acids is 4. The zero-order chi connectivity index (χ0) is 26.7. The third-order valence-electron chi connectivity index (χ3n) is 5.06. The summed E-state index contributed by atoms with van der Waals surface area (Å²) in [6, 6.07) is 3.58. The van der Waals surface area contributed by atoms with Crippen molar-refractivity contribution in [1.82, 2.24) is 16.0 Å². The van der Waals surface area contributed by atoms with Crippen molar-refractivity contribution in [3.05, 3.63) is 35.9 Å². The Morgan fingerprint density at radius 3 is 1.94 bits per heavy atom. The Kier molecular flexibility index (Phi) is 11.8. The van der Waals surface area contributed by atoms with Gasteiger partial charge in [-0.3, -0.25) is 19.2 Å². The highest BCUT2D eigenvalue weighted by Crippen LogP contribution is 2.08. The molecule has 1 aromatic carbocycles. The van der Waals surface area contributed by atoms with Crippen molar-refractivity contribution >= 4 is 29.6 Å². The summed E-state index contributed by atoms with van der Waals surface area (Å²) in [5.74, 6) is -4.71. The van der Waals surface area contributed by atoms with Gasteiger partial charge in [0.15, 0.2) is 0 Å². The summed E-state index contributed by atoms with van der Waals surface area (Å²) in [5, 5.41) is 26.3. The second-order valence-corrected chi connectivity index (χ2v) is 8.78. The minimum atomic E-state index is -1.65. The molecule has 0 aliphatic rings. The topological polar surface area (TPSA) is 214 Å². The van der Waals surface area contributed by atoms with Crippen LogP contribution in [0.2, 0.25) is 0 Å². The maximum Gasteiger partial charge on any atom is 0.326 e. The first-order valence-corrected chi connectivity index (χ1v) is 11.2. The van der Waals surface area contributed by atoms with E-state index < -0.39 is 66.3 Å². The minimum Gasteiger partial charge on any atom is -0.480 e. The van der Waals surface area contributed by atoms with Crippen LogP contribution in [0.25, 0.3) is 0 Å². The van der Waals surface area contributed by atoms with E-state index in [1.54, 1.807) is 30.3 Å². The van der Waals surface area contributed by atoms with Crippen molar-refractivity contribution in [2.75, 3.05) is 0 Å². The average molecular weight is 494 g/mol. The van der Waals surface area contributed by atoms with Gasteiger partial charge in [-0.1, -0.05) is 44.2 Å². The van der Waals surface area contributed by atoms with Crippen LogP contribution in [0, 0.1) is 5.92 Å². The number of amides is 4. The molecule has 5 unspecified atom stereocenters. The number of aliphatic hydroxyl groups excluding tert-OH is 1. The molecule has 35 heavy (non-hydrogen) atoms. The van der Waals surface area contributed by atoms with Gasteiger partial charge in [0.1, 0.15) is 18.1 Å². The number of rotatable bonds is 14. The zero-order valence-corrected chi connectivity index (χ0v) is 20.1. The standard InChI is InChI=1S/C23H35N5O7/c1-12(2)9-15(24)20(31)26-16(10-14-7-5-4-6-8-14)21(32)28-19(13(3)29)22(33)27-17(23(34)35)11-18(25)30/h4-8,12-13,15-17,19,29H,9-11,24H2,1-3H3,(H2,25,30)(H,26,31)(H,27,33)(H,28,32)(H,34,35). The van der Waals surface area contributed by atoms with E-state index in [0.717, 1.165) is 5.56 Å². The van der Waals surface area contributed by atoms with E-state index in [2.05, 4.69) is 16.0 Å². The fourth-order valence-corrected chi connectivity index (χ4v) is 3.27. The Morgan fingerprint density at radius 1 is 0.886 bits per heavy atom. The number of carboxylic acids is 1. The quantitative estimate of drug-likeness (QED) is 0.160. The van der Waals surface area contributed by atoms with Gasteiger partial charge in [-0.25, -0.2) is 4.79 Å². The van der Waals surface area contributed by atoms with Gasteiger partial charge in [0.05, 0.1) is 18.6 Å². The van der Waals surface area contributed by atoms with E-state index in [0.29, 0.717) is 6.42 Å². The van der Waals surface area contributed by atoms with Crippen molar-refractivity contribution in [2.45, 2.75) is 70.3 Å². The van der Waals surface area contributed by atoms with Crippen LogP contribution in [-0.2, 0) is 30.4 Å². The third kappa shape index (κ3) is 10.5. The number of benzene rings is 1. The van der Waals surface area contributed by atoms with Crippen LogP contribution in [0.5, 0.6) is 0 Å². The second kappa shape index (κ2) is 14.0. The number of nitrogens with one attached hydrogen (secondary N) is 3. The van der Waals surface area contributed by atoms with Crippen LogP contribution >= 0.6 is 0 Å². The number of aliphatic hydroxyl groups is 1. The molecule has 1 aromatic rings. The molecule has 0 saturated carbocycles. The predicted octanol–water partition coefficient (Wildman–Crippen LogP) is -1.60. The lowest BCUT2D eigenvalue weighted by Gasteiger charge is -2.26. The Hall–Kier alpha value is -3.51. The number of hydrogen-bond acceptors (Lipinski definition) is 7.